The molecule has 60 valence electrons. The second kappa shape index (κ2) is 3.11. The molecule has 0 aromatic carbocycles. The molecule has 0 amide bonds. The summed E-state index contributed by atoms with van der Waals surface area (Å²) >= 11 is 3.61. The van der Waals surface area contributed by atoms with Crippen molar-refractivity contribution in [2.45, 2.75) is 17.3 Å². The molecular weight excluding hydrogens is 178 g/mol. The Morgan fingerprint density at radius 2 is 2.55 bits per heavy atom. The van der Waals surface area contributed by atoms with Crippen molar-refractivity contribution in [1.82, 2.24) is 5.16 Å². The minimum atomic E-state index is 1.01. The van der Waals surface area contributed by atoms with Crippen molar-refractivity contribution in [2.75, 3.05) is 12.0 Å². The molecule has 0 fully saturated rings. The molecule has 2 heterocycles. The largest absolute Gasteiger partial charge is 0.349 e. The van der Waals surface area contributed by atoms with Crippen molar-refractivity contribution < 1.29 is 4.52 Å². The predicted molar refractivity (Wildman–Crippen MR) is 48.2 cm³/mol. The van der Waals surface area contributed by atoms with Crippen LogP contribution in [0.15, 0.2) is 9.62 Å². The highest BCUT2D eigenvalue weighted by molar-refractivity contribution is 7.99. The van der Waals surface area contributed by atoms with Gasteiger partial charge in [-0.2, -0.15) is 11.8 Å². The van der Waals surface area contributed by atoms with Crippen LogP contribution in [0.2, 0.25) is 0 Å². The van der Waals surface area contributed by atoms with Crippen molar-refractivity contribution >= 4 is 23.5 Å². The van der Waals surface area contributed by atoms with E-state index < -0.39 is 0 Å². The Hall–Kier alpha value is -0.0900. The molecule has 0 saturated heterocycles. The molecule has 0 bridgehead atoms. The van der Waals surface area contributed by atoms with Gasteiger partial charge in [-0.3, -0.25) is 0 Å². The lowest BCUT2D eigenvalue weighted by molar-refractivity contribution is 0.344. The molecule has 0 aliphatic carbocycles. The van der Waals surface area contributed by atoms with Crippen molar-refractivity contribution in [2.24, 2.45) is 0 Å². The molecule has 1 aromatic heterocycles. The summed E-state index contributed by atoms with van der Waals surface area (Å²) in [6, 6.07) is 0. The lowest BCUT2D eigenvalue weighted by Crippen LogP contribution is -2.00. The van der Waals surface area contributed by atoms with Crippen LogP contribution in [0, 0.1) is 0 Å². The van der Waals surface area contributed by atoms with Gasteiger partial charge in [0, 0.05) is 17.7 Å². The van der Waals surface area contributed by atoms with E-state index in [2.05, 4.69) is 5.16 Å². The summed E-state index contributed by atoms with van der Waals surface area (Å²) in [4.78, 5) is 0. The average Bonchev–Trinajstić information content (AvgIpc) is 2.47. The summed E-state index contributed by atoms with van der Waals surface area (Å²) in [7, 11) is 0. The fourth-order valence-corrected chi connectivity index (χ4v) is 2.79. The van der Waals surface area contributed by atoms with Crippen LogP contribution in [0.4, 0.5) is 0 Å². The Bertz CT molecular complexity index is 245. The number of rotatable bonds is 1. The zero-order chi connectivity index (χ0) is 7.68. The first kappa shape index (κ1) is 7.55. The third kappa shape index (κ3) is 1.29. The Morgan fingerprint density at radius 1 is 1.64 bits per heavy atom. The maximum atomic E-state index is 5.17. The van der Waals surface area contributed by atoms with Crippen LogP contribution < -0.4 is 0 Å². The van der Waals surface area contributed by atoms with Crippen LogP contribution in [0.1, 0.15) is 11.3 Å². The van der Waals surface area contributed by atoms with E-state index in [1.807, 2.05) is 18.0 Å². The smallest absolute Gasteiger partial charge is 0.197 e. The zero-order valence-corrected chi connectivity index (χ0v) is 7.93. The van der Waals surface area contributed by atoms with Gasteiger partial charge < -0.3 is 4.52 Å². The molecule has 2 nitrogen and oxygen atoms in total. The number of aromatic nitrogens is 1. The van der Waals surface area contributed by atoms with Crippen molar-refractivity contribution in [1.29, 1.82) is 0 Å². The van der Waals surface area contributed by atoms with E-state index in [-0.39, 0.29) is 0 Å². The molecule has 11 heavy (non-hydrogen) atoms. The minimum absolute atomic E-state index is 1.01. The molecule has 0 saturated carbocycles. The van der Waals surface area contributed by atoms with Crippen molar-refractivity contribution in [3.63, 3.8) is 0 Å². The summed E-state index contributed by atoms with van der Waals surface area (Å²) in [6.45, 7) is 0. The second-order valence-corrected chi connectivity index (χ2v) is 4.29. The van der Waals surface area contributed by atoms with E-state index in [4.69, 9.17) is 4.52 Å². The summed E-state index contributed by atoms with van der Waals surface area (Å²) in [5.41, 5.74) is 2.50. The number of hydrogen-bond acceptors (Lipinski definition) is 4. The Labute approximate surface area is 74.1 Å². The summed E-state index contributed by atoms with van der Waals surface area (Å²) in [6.07, 6.45) is 3.10. The van der Waals surface area contributed by atoms with E-state index >= 15 is 0 Å². The van der Waals surface area contributed by atoms with Gasteiger partial charge in [0.1, 0.15) is 0 Å². The molecule has 1 aliphatic heterocycles. The van der Waals surface area contributed by atoms with E-state index in [1.165, 1.54) is 17.0 Å². The maximum Gasteiger partial charge on any atom is 0.197 e. The van der Waals surface area contributed by atoms with Gasteiger partial charge in [-0.1, -0.05) is 16.9 Å². The van der Waals surface area contributed by atoms with Crippen molar-refractivity contribution in [3.05, 3.63) is 11.3 Å². The quantitative estimate of drug-likeness (QED) is 0.629. The minimum Gasteiger partial charge on any atom is -0.349 e. The van der Waals surface area contributed by atoms with E-state index in [1.54, 1.807) is 11.8 Å². The van der Waals surface area contributed by atoms with E-state index in [0.717, 1.165) is 17.3 Å². The number of thioether (sulfide) groups is 2. The highest BCUT2D eigenvalue weighted by Gasteiger charge is 2.18. The van der Waals surface area contributed by atoms with E-state index in [0.29, 0.717) is 0 Å². The monoisotopic (exact) mass is 187 g/mol. The van der Waals surface area contributed by atoms with Crippen LogP contribution in [0.25, 0.3) is 0 Å². The summed E-state index contributed by atoms with van der Waals surface area (Å²) < 4.78 is 5.17. The molecule has 0 unspecified atom stereocenters. The Morgan fingerprint density at radius 3 is 3.36 bits per heavy atom. The second-order valence-electron chi connectivity index (χ2n) is 2.40. The molecule has 2 rings (SSSR count). The van der Waals surface area contributed by atoms with Gasteiger partial charge in [0.2, 0.25) is 0 Å². The van der Waals surface area contributed by atoms with Crippen LogP contribution in [-0.4, -0.2) is 17.2 Å². The van der Waals surface area contributed by atoms with Crippen LogP contribution in [-0.2, 0) is 12.2 Å². The first-order valence-electron chi connectivity index (χ1n) is 3.51. The standard InChI is InChI=1S/C7H9NOS2/c1-10-7-5-4-11-3-2-6(5)8-9-7/h2-4H2,1H3. The lowest BCUT2D eigenvalue weighted by atomic mass is 10.2. The van der Waals surface area contributed by atoms with Crippen molar-refractivity contribution in [3.8, 4) is 0 Å². The molecule has 0 atom stereocenters. The molecule has 1 aliphatic rings. The van der Waals surface area contributed by atoms with Gasteiger partial charge in [0.15, 0.2) is 5.09 Å². The molecule has 0 radical (unpaired) electrons. The highest BCUT2D eigenvalue weighted by Crippen LogP contribution is 2.31. The number of nitrogens with zero attached hydrogens (tertiary/aromatic N) is 1. The van der Waals surface area contributed by atoms with Crippen LogP contribution in [0.3, 0.4) is 0 Å². The highest BCUT2D eigenvalue weighted by atomic mass is 32.2. The number of hydrogen-bond donors (Lipinski definition) is 0. The molecule has 4 heteroatoms. The molecule has 1 aromatic rings. The van der Waals surface area contributed by atoms with E-state index in [9.17, 15) is 0 Å². The third-order valence-electron chi connectivity index (χ3n) is 1.75. The SMILES string of the molecule is CSc1onc2c1CSCC2. The first-order chi connectivity index (χ1) is 5.42. The van der Waals surface area contributed by atoms with Gasteiger partial charge in [-0.05, 0) is 12.0 Å². The summed E-state index contributed by atoms with van der Waals surface area (Å²) in [5.74, 6) is 2.27. The van der Waals surface area contributed by atoms with Gasteiger partial charge in [-0.25, -0.2) is 0 Å². The van der Waals surface area contributed by atoms with Crippen LogP contribution in [0.5, 0.6) is 0 Å². The van der Waals surface area contributed by atoms with Gasteiger partial charge in [0.05, 0.1) is 5.69 Å². The van der Waals surface area contributed by atoms with Gasteiger partial charge in [-0.15, -0.1) is 0 Å². The molecular formula is C7H9NOS2. The van der Waals surface area contributed by atoms with Gasteiger partial charge >= 0.3 is 0 Å². The summed E-state index contributed by atoms with van der Waals surface area (Å²) in [5, 5.41) is 5.03. The Balaban J connectivity index is 2.38. The number of aryl methyl sites for hydroxylation is 1. The van der Waals surface area contributed by atoms with Crippen LogP contribution >= 0.6 is 23.5 Å². The predicted octanol–water partition coefficient (Wildman–Crippen LogP) is 2.19. The number of fused-ring (bicyclic) bond motifs is 1. The topological polar surface area (TPSA) is 26.0 Å². The molecule has 0 N–H and O–H groups in total. The normalized spacial score (nSPS) is 16.5. The fraction of sp³-hybridized carbons (Fsp3) is 0.571. The fourth-order valence-electron chi connectivity index (χ4n) is 1.17. The zero-order valence-electron chi connectivity index (χ0n) is 6.29. The maximum absolute atomic E-state index is 5.17. The Kier molecular flexibility index (Phi) is 2.13. The first-order valence-corrected chi connectivity index (χ1v) is 5.89. The molecule has 0 spiro atoms. The average molecular weight is 187 g/mol. The van der Waals surface area contributed by atoms with Gasteiger partial charge in [0.25, 0.3) is 0 Å². The lowest BCUT2D eigenvalue weighted by Gasteiger charge is -2.07. The third-order valence-corrected chi connectivity index (χ3v) is 3.43.